The molecule has 2 aromatic heterocycles. The summed E-state index contributed by atoms with van der Waals surface area (Å²) in [5.41, 5.74) is 6.56. The van der Waals surface area contributed by atoms with Crippen LogP contribution < -0.4 is 38.5 Å². The molecule has 8 aromatic rings. The van der Waals surface area contributed by atoms with Crippen molar-refractivity contribution in [2.45, 2.75) is 113 Å². The predicted octanol–water partition coefficient (Wildman–Crippen LogP) is 14.1. The lowest BCUT2D eigenvalue weighted by Crippen LogP contribution is -2.41. The molecule has 0 radical (unpaired) electrons. The van der Waals surface area contributed by atoms with Gasteiger partial charge in [-0.1, -0.05) is 107 Å². The van der Waals surface area contributed by atoms with Gasteiger partial charge >= 0.3 is 31.1 Å². The van der Waals surface area contributed by atoms with Crippen LogP contribution in [0.5, 0.6) is 28.7 Å². The molecule has 6 fully saturated rings. The summed E-state index contributed by atoms with van der Waals surface area (Å²) < 4.78 is 112. The van der Waals surface area contributed by atoms with Gasteiger partial charge in [0.15, 0.2) is 71.1 Å². The SMILES string of the molecule is CN(C)C(=O)c1cccc(CC(=O)N2CCS[C@H]2C(=O)O[C@@H](Cc2c(Cl)c[n+]([O-])cc2Cl)c2ccc(OC(F)F)c(OCC3CC3)c2)c1.CN(C)C(=O)c1cccc(CC(=O)O)c1.CN(C)C(=O)c1cccc(CC2OCCO2)c1.Cl.O=C(O[C@@H](Cc1c(Cl)c[n+]([O-])cc1Cl)c1ccc(OC(F)F)c(OCC2CC2)c1)[C@H]1NCCS1.O=COc1cccc(CC2OCCO2)c1. The Morgan fingerprint density at radius 1 is 0.538 bits per heavy atom. The Hall–Kier alpha value is -10.2. The van der Waals surface area contributed by atoms with E-state index in [1.807, 2.05) is 36.4 Å². The fourth-order valence-electron chi connectivity index (χ4n) is 13.1. The summed E-state index contributed by atoms with van der Waals surface area (Å²) in [7, 11) is 10.1. The second-order valence-corrected chi connectivity index (χ2v) is 34.6. The van der Waals surface area contributed by atoms with Crippen LogP contribution in [0, 0.1) is 22.3 Å². The summed E-state index contributed by atoms with van der Waals surface area (Å²) in [6.45, 7) is -1.45. The van der Waals surface area contributed by atoms with Gasteiger partial charge in [-0.05, 0) is 144 Å². The lowest BCUT2D eigenvalue weighted by Gasteiger charge is -2.26. The molecule has 4 aliphatic heterocycles. The van der Waals surface area contributed by atoms with Gasteiger partial charge in [-0.25, -0.2) is 9.59 Å². The van der Waals surface area contributed by atoms with Gasteiger partial charge in [-0.2, -0.15) is 27.0 Å². The first kappa shape index (κ1) is 104. The van der Waals surface area contributed by atoms with E-state index in [1.54, 1.807) is 108 Å². The lowest BCUT2D eigenvalue weighted by atomic mass is 10.0. The molecule has 700 valence electrons. The number of esters is 2. The highest BCUT2D eigenvalue weighted by atomic mass is 35.5. The number of carbonyl (C=O) groups excluding carboxylic acids is 7. The summed E-state index contributed by atoms with van der Waals surface area (Å²) in [5.74, 6) is -0.382. The zero-order chi connectivity index (χ0) is 93.0. The highest BCUT2D eigenvalue weighted by Crippen LogP contribution is 2.42. The topological polar surface area (TPSA) is 337 Å². The first-order valence-electron chi connectivity index (χ1n) is 40.8. The third-order valence-corrected chi connectivity index (χ3v) is 23.5. The van der Waals surface area contributed by atoms with Gasteiger partial charge in [-0.15, -0.1) is 35.9 Å². The van der Waals surface area contributed by atoms with Crippen molar-refractivity contribution in [3.05, 3.63) is 250 Å². The van der Waals surface area contributed by atoms with Gasteiger partial charge in [0.05, 0.1) is 52.5 Å². The number of benzene rings is 6. The largest absolute Gasteiger partial charge is 0.619 e. The van der Waals surface area contributed by atoms with E-state index in [0.29, 0.717) is 155 Å². The van der Waals surface area contributed by atoms with Crippen LogP contribution in [0.15, 0.2) is 158 Å². The maximum Gasteiger partial charge on any atom is 0.387 e. The molecule has 2 N–H and O–H groups in total. The van der Waals surface area contributed by atoms with E-state index in [2.05, 4.69) is 14.8 Å². The van der Waals surface area contributed by atoms with E-state index >= 15 is 0 Å². The number of carbonyl (C=O) groups is 8. The molecule has 0 bridgehead atoms. The normalized spacial score (nSPS) is 16.1. The zero-order valence-electron chi connectivity index (χ0n) is 71.5. The van der Waals surface area contributed by atoms with Crippen LogP contribution in [-0.2, 0) is 90.9 Å². The third kappa shape index (κ3) is 32.7. The molecule has 6 heterocycles. The monoisotopic (exact) mass is 1940 g/mol. The second-order valence-electron chi connectivity index (χ2n) is 30.6. The molecule has 130 heavy (non-hydrogen) atoms. The number of aromatic nitrogens is 2. The Kier molecular flexibility index (Phi) is 40.7. The number of carboxylic acid groups (broad SMARTS) is 1. The fourth-order valence-corrected chi connectivity index (χ4v) is 16.4. The van der Waals surface area contributed by atoms with E-state index in [-0.39, 0.29) is 117 Å². The number of amides is 4. The van der Waals surface area contributed by atoms with Crippen molar-refractivity contribution in [3.63, 3.8) is 0 Å². The van der Waals surface area contributed by atoms with E-state index in [4.69, 9.17) is 94.1 Å². The number of thioether (sulfide) groups is 2. The average molecular weight is 1950 g/mol. The minimum atomic E-state index is -3.09. The number of pyridine rings is 2. The van der Waals surface area contributed by atoms with Crippen molar-refractivity contribution in [2.24, 2.45) is 11.8 Å². The van der Waals surface area contributed by atoms with Crippen molar-refractivity contribution in [1.29, 1.82) is 0 Å². The first-order chi connectivity index (χ1) is 61.7. The molecule has 4 saturated heterocycles. The Morgan fingerprint density at radius 3 is 1.35 bits per heavy atom. The minimum Gasteiger partial charge on any atom is -0.619 e. The Bertz CT molecular complexity index is 5130. The molecule has 4 atom stereocenters. The lowest BCUT2D eigenvalue weighted by molar-refractivity contribution is -0.605. The Balaban J connectivity index is 0.000000200. The Morgan fingerprint density at radius 2 is 0.946 bits per heavy atom. The molecule has 0 spiro atoms. The fraction of sp³-hybridized carbons (Fsp3) is 0.400. The number of aliphatic carboxylic acids is 1. The number of ether oxygens (including phenoxy) is 11. The maximum atomic E-state index is 13.8. The van der Waals surface area contributed by atoms with Crippen molar-refractivity contribution in [1.82, 2.24) is 24.9 Å². The number of nitrogens with one attached hydrogen (secondary N) is 1. The molecule has 14 rings (SSSR count). The molecule has 4 amide bonds. The molecule has 2 saturated carbocycles. The summed E-state index contributed by atoms with van der Waals surface area (Å²) in [5, 5.41) is 34.0. The Labute approximate surface area is 782 Å². The average Bonchev–Trinajstić information content (AvgIpc) is 1.55. The number of alkyl halides is 4. The molecule has 2 aliphatic carbocycles. The van der Waals surface area contributed by atoms with Crippen molar-refractivity contribution in [2.75, 3.05) is 107 Å². The molecule has 6 aromatic carbocycles. The molecular weight excluding hydrogens is 1850 g/mol. The van der Waals surface area contributed by atoms with E-state index < -0.39 is 54.1 Å². The van der Waals surface area contributed by atoms with Gasteiger partial charge in [0.25, 0.3) is 24.2 Å². The summed E-state index contributed by atoms with van der Waals surface area (Å²) >= 11 is 27.9. The molecule has 40 heteroatoms. The van der Waals surface area contributed by atoms with Crippen LogP contribution in [0.3, 0.4) is 0 Å². The van der Waals surface area contributed by atoms with Crippen molar-refractivity contribution < 1.29 is 123 Å². The van der Waals surface area contributed by atoms with Gasteiger partial charge in [0, 0.05) is 120 Å². The van der Waals surface area contributed by atoms with Gasteiger partial charge in [0.1, 0.15) is 38.0 Å². The van der Waals surface area contributed by atoms with E-state index in [9.17, 15) is 66.3 Å². The van der Waals surface area contributed by atoms with E-state index in [1.165, 1.54) is 74.6 Å². The van der Waals surface area contributed by atoms with Crippen LogP contribution >= 0.6 is 82.3 Å². The van der Waals surface area contributed by atoms with Gasteiger partial charge in [-0.3, -0.25) is 34.1 Å². The number of rotatable bonds is 33. The van der Waals surface area contributed by atoms with Crippen molar-refractivity contribution in [3.8, 4) is 28.7 Å². The standard InChI is InChI=1S/C33H33Cl2F2N3O7S.C22H22Cl2F2N2O5S.C13H17NO3.C11H13NO3.C11H12O4.ClH/c1-38(2)30(42)22-5-3-4-20(12-22)13-29(41)40-10-11-48-31(40)32(43)46-27(15-23-24(34)16-39(44)17-25(23)35)21-8-9-26(47-33(36)37)28(14-21)45-18-19-6-7-19;23-15-9-28(30)10-16(24)14(15)8-18(32-21(29)20-27-5-6-34-20)13-3-4-17(33-22(25)26)19(7-13)31-11-12-1-2-12;1-14(2)13(15)11-5-3-4-10(8-11)9-12-16-6-7-17-12;1-12(2)11(15)9-5-3-4-8(6-9)7-10(13)14;12-8-15-10-3-1-2-9(6-10)7-11-13-4-5-14-11;/h3-5,8-9,12,14,16-17,19,27,31,33H,6-7,10-11,13,15,18H2,1-2H3;3-4,7,9-10,12,18,20,22,27H,1-2,5-6,8,11H2;3-5,8,12H,6-7,9H2,1-2H3;3-6H,7H2,1-2H3,(H,13,14);1-3,6,8,11H,4-5,7H2;1H/t27-,31-;18-,20-;;;;/m00..../s1. The van der Waals surface area contributed by atoms with Crippen LogP contribution in [-0.4, -0.2) is 216 Å². The van der Waals surface area contributed by atoms with Crippen LogP contribution in [0.1, 0.15) is 113 Å². The van der Waals surface area contributed by atoms with Crippen LogP contribution in [0.2, 0.25) is 20.1 Å². The highest BCUT2D eigenvalue weighted by Gasteiger charge is 2.39. The minimum absolute atomic E-state index is 0. The summed E-state index contributed by atoms with van der Waals surface area (Å²) in [4.78, 5) is 102. The zero-order valence-corrected chi connectivity index (χ0v) is 76.9. The molecule has 29 nitrogen and oxygen atoms in total. The molecule has 6 aliphatic rings. The number of nitrogens with zero attached hydrogens (tertiary/aromatic N) is 6. The number of hydrogen-bond donors (Lipinski definition) is 2. The van der Waals surface area contributed by atoms with Crippen molar-refractivity contribution >= 4 is 130 Å². The number of hydrogen-bond acceptors (Lipinski definition) is 24. The third-order valence-electron chi connectivity index (χ3n) is 19.9. The van der Waals surface area contributed by atoms with Crippen LogP contribution in [0.25, 0.3) is 0 Å². The smallest absolute Gasteiger partial charge is 0.387 e. The van der Waals surface area contributed by atoms with Gasteiger partial charge < -0.3 is 87.2 Å². The van der Waals surface area contributed by atoms with Crippen LogP contribution in [0.4, 0.5) is 17.6 Å². The maximum absolute atomic E-state index is 13.8. The highest BCUT2D eigenvalue weighted by molar-refractivity contribution is 8.01. The van der Waals surface area contributed by atoms with E-state index in [0.717, 1.165) is 67.4 Å². The van der Waals surface area contributed by atoms with Gasteiger partial charge in [0.2, 0.25) is 5.91 Å². The molecular formula is C90H98Cl5F4N7O22S2. The first-order valence-corrected chi connectivity index (χ1v) is 44.4. The quantitative estimate of drug-likeness (QED) is 0.0127. The summed E-state index contributed by atoms with van der Waals surface area (Å²) in [6, 6.07) is 36.9. The number of carboxylic acids is 1. The predicted molar refractivity (Wildman–Crippen MR) is 478 cm³/mol. The molecule has 0 unspecified atom stereocenters. The summed E-state index contributed by atoms with van der Waals surface area (Å²) in [6.07, 6.45) is 7.42. The number of halogens is 9. The second kappa shape index (κ2) is 51.0.